The van der Waals surface area contributed by atoms with Gasteiger partial charge in [-0.2, -0.15) is 0 Å². The fourth-order valence-corrected chi connectivity index (χ4v) is 5.51. The Labute approximate surface area is 193 Å². The van der Waals surface area contributed by atoms with Gasteiger partial charge in [-0.3, -0.25) is 9.59 Å². The number of carboxylic acid groups (broad SMARTS) is 1. The largest absolute Gasteiger partial charge is 0.481 e. The molecule has 0 spiro atoms. The highest BCUT2D eigenvalue weighted by Gasteiger charge is 2.41. The standard InChI is InChI=1S/C14H15NO2.C13H16FNO/c16-14(17)9-11-10-5-1-2-6-12(10)15-8-4-3-7-13(11)15;1-15-12(16)13(8-2-3-9-13)10-4-6-11(14)7-5-10/h1-2,5-6H,3-4,7-9H2,(H,16,17);4-7H,2-3,8-9H2,1H3,(H,15,16). The number of benzene rings is 2. The maximum absolute atomic E-state index is 12.9. The van der Waals surface area contributed by atoms with E-state index in [2.05, 4.69) is 16.0 Å². The van der Waals surface area contributed by atoms with Crippen LogP contribution in [0.1, 0.15) is 55.3 Å². The number of fused-ring (bicyclic) bond motifs is 3. The number of hydrogen-bond acceptors (Lipinski definition) is 2. The van der Waals surface area contributed by atoms with E-state index in [9.17, 15) is 14.0 Å². The van der Waals surface area contributed by atoms with Gasteiger partial charge in [0.1, 0.15) is 5.82 Å². The number of aliphatic carboxylic acids is 1. The molecule has 1 aliphatic carbocycles. The molecule has 1 fully saturated rings. The summed E-state index contributed by atoms with van der Waals surface area (Å²) in [5, 5.41) is 12.9. The van der Waals surface area contributed by atoms with Crippen molar-refractivity contribution in [3.05, 3.63) is 71.2 Å². The molecule has 0 bridgehead atoms. The van der Waals surface area contributed by atoms with Crippen LogP contribution in [0.15, 0.2) is 48.5 Å². The summed E-state index contributed by atoms with van der Waals surface area (Å²) < 4.78 is 15.2. The molecule has 2 heterocycles. The Morgan fingerprint density at radius 2 is 1.73 bits per heavy atom. The third-order valence-electron chi connectivity index (χ3n) is 7.08. The first kappa shape index (κ1) is 23.0. The van der Waals surface area contributed by atoms with E-state index in [0.29, 0.717) is 0 Å². The molecule has 0 atom stereocenters. The van der Waals surface area contributed by atoms with Crippen molar-refractivity contribution in [2.24, 2.45) is 0 Å². The van der Waals surface area contributed by atoms with Crippen LogP contribution >= 0.6 is 0 Å². The minimum atomic E-state index is -0.741. The molecule has 1 aromatic heterocycles. The second-order valence-corrected chi connectivity index (χ2v) is 9.00. The first-order valence-corrected chi connectivity index (χ1v) is 11.8. The summed E-state index contributed by atoms with van der Waals surface area (Å²) >= 11 is 0. The number of nitrogens with zero attached hydrogens (tertiary/aromatic N) is 1. The van der Waals surface area contributed by atoms with Crippen molar-refractivity contribution < 1.29 is 19.1 Å². The summed E-state index contributed by atoms with van der Waals surface area (Å²) in [4.78, 5) is 23.0. The number of hydrogen-bond donors (Lipinski definition) is 2. The van der Waals surface area contributed by atoms with E-state index in [1.54, 1.807) is 19.2 Å². The molecule has 2 N–H and O–H groups in total. The number of nitrogens with one attached hydrogen (secondary N) is 1. The summed E-state index contributed by atoms with van der Waals surface area (Å²) in [5.41, 5.74) is 3.96. The lowest BCUT2D eigenvalue weighted by Gasteiger charge is -2.27. The highest BCUT2D eigenvalue weighted by Crippen LogP contribution is 2.41. The van der Waals surface area contributed by atoms with Gasteiger partial charge in [-0.1, -0.05) is 43.2 Å². The molecule has 1 amide bonds. The molecule has 174 valence electrons. The molecule has 1 aliphatic heterocycles. The summed E-state index contributed by atoms with van der Waals surface area (Å²) in [7, 11) is 1.66. The van der Waals surface area contributed by atoms with Crippen LogP contribution in [0.25, 0.3) is 10.9 Å². The van der Waals surface area contributed by atoms with Crippen molar-refractivity contribution in [3.63, 3.8) is 0 Å². The fourth-order valence-electron chi connectivity index (χ4n) is 5.51. The molecule has 2 aliphatic rings. The second-order valence-electron chi connectivity index (χ2n) is 9.00. The molecule has 0 unspecified atom stereocenters. The van der Waals surface area contributed by atoms with Gasteiger partial charge in [0.15, 0.2) is 0 Å². The monoisotopic (exact) mass is 450 g/mol. The molecule has 5 nitrogen and oxygen atoms in total. The van der Waals surface area contributed by atoms with Crippen LogP contribution in [0.5, 0.6) is 0 Å². The highest BCUT2D eigenvalue weighted by molar-refractivity contribution is 5.89. The van der Waals surface area contributed by atoms with Gasteiger partial charge in [-0.15, -0.1) is 0 Å². The van der Waals surface area contributed by atoms with Crippen LogP contribution in [0, 0.1) is 5.82 Å². The van der Waals surface area contributed by atoms with Crippen LogP contribution in [0.4, 0.5) is 4.39 Å². The highest BCUT2D eigenvalue weighted by atomic mass is 19.1. The zero-order chi connectivity index (χ0) is 23.4. The molecule has 3 aromatic rings. The van der Waals surface area contributed by atoms with Gasteiger partial charge in [-0.05, 0) is 61.4 Å². The summed E-state index contributed by atoms with van der Waals surface area (Å²) in [6, 6.07) is 14.5. The van der Waals surface area contributed by atoms with Gasteiger partial charge in [0.2, 0.25) is 5.91 Å². The van der Waals surface area contributed by atoms with E-state index in [1.807, 2.05) is 18.2 Å². The predicted molar refractivity (Wildman–Crippen MR) is 127 cm³/mol. The Morgan fingerprint density at radius 1 is 1.03 bits per heavy atom. The average Bonchev–Trinajstić information content (AvgIpc) is 3.45. The normalized spacial score (nSPS) is 16.5. The Bertz CT molecular complexity index is 1140. The Balaban J connectivity index is 0.000000157. The first-order valence-electron chi connectivity index (χ1n) is 11.8. The van der Waals surface area contributed by atoms with E-state index < -0.39 is 11.4 Å². The van der Waals surface area contributed by atoms with Crippen molar-refractivity contribution in [2.75, 3.05) is 7.05 Å². The van der Waals surface area contributed by atoms with Gasteiger partial charge in [0.05, 0.1) is 11.8 Å². The average molecular weight is 451 g/mol. The number of likely N-dealkylation sites (N-methyl/N-ethyl adjacent to an activating group) is 1. The molecular weight excluding hydrogens is 419 g/mol. The lowest BCUT2D eigenvalue weighted by Crippen LogP contribution is -2.40. The Kier molecular flexibility index (Phi) is 6.82. The number of aryl methyl sites for hydroxylation is 1. The quantitative estimate of drug-likeness (QED) is 0.588. The van der Waals surface area contributed by atoms with E-state index in [4.69, 9.17) is 5.11 Å². The minimum Gasteiger partial charge on any atom is -0.481 e. The third kappa shape index (κ3) is 4.52. The molecule has 6 heteroatoms. The maximum atomic E-state index is 12.9. The lowest BCUT2D eigenvalue weighted by atomic mass is 9.78. The molecule has 2 aromatic carbocycles. The van der Waals surface area contributed by atoms with Gasteiger partial charge < -0.3 is 15.0 Å². The molecule has 0 radical (unpaired) electrons. The van der Waals surface area contributed by atoms with Crippen molar-refractivity contribution >= 4 is 22.8 Å². The van der Waals surface area contributed by atoms with E-state index in [-0.39, 0.29) is 18.1 Å². The summed E-state index contributed by atoms with van der Waals surface area (Å²) in [6.07, 6.45) is 7.35. The smallest absolute Gasteiger partial charge is 0.307 e. The molecule has 5 rings (SSSR count). The Hall–Kier alpha value is -3.15. The topological polar surface area (TPSA) is 71.3 Å². The maximum Gasteiger partial charge on any atom is 0.307 e. The van der Waals surface area contributed by atoms with Crippen molar-refractivity contribution in [3.8, 4) is 0 Å². The number of halogens is 1. The number of aromatic nitrogens is 1. The van der Waals surface area contributed by atoms with E-state index in [1.165, 1.54) is 36.2 Å². The predicted octanol–water partition coefficient (Wildman–Crippen LogP) is 4.99. The van der Waals surface area contributed by atoms with Gasteiger partial charge in [0, 0.05) is 30.2 Å². The SMILES string of the molecule is CNC(=O)C1(c2ccc(F)cc2)CCCC1.O=C(O)Cc1c2n(c3ccccc13)CCCC2. The second kappa shape index (κ2) is 9.77. The minimum absolute atomic E-state index is 0.0524. The van der Waals surface area contributed by atoms with Gasteiger partial charge in [-0.25, -0.2) is 4.39 Å². The number of para-hydroxylation sites is 1. The molecule has 1 saturated carbocycles. The summed E-state index contributed by atoms with van der Waals surface area (Å²) in [6.45, 7) is 1.02. The number of rotatable bonds is 4. The molecular formula is C27H31FN2O3. The van der Waals surface area contributed by atoms with E-state index >= 15 is 0 Å². The number of carbonyl (C=O) groups excluding carboxylic acids is 1. The van der Waals surface area contributed by atoms with Crippen LogP contribution < -0.4 is 5.32 Å². The number of carboxylic acids is 1. The zero-order valence-corrected chi connectivity index (χ0v) is 19.1. The summed E-state index contributed by atoms with van der Waals surface area (Å²) in [5.74, 6) is -0.944. The van der Waals surface area contributed by atoms with Gasteiger partial charge in [0.25, 0.3) is 0 Å². The lowest BCUT2D eigenvalue weighted by molar-refractivity contribution is -0.136. The Morgan fingerprint density at radius 3 is 2.39 bits per heavy atom. The van der Waals surface area contributed by atoms with Crippen molar-refractivity contribution in [1.82, 2.24) is 9.88 Å². The van der Waals surface area contributed by atoms with E-state index in [0.717, 1.165) is 55.2 Å². The number of carbonyl (C=O) groups is 2. The molecule has 0 saturated heterocycles. The first-order chi connectivity index (χ1) is 16.0. The van der Waals surface area contributed by atoms with Crippen molar-refractivity contribution in [2.45, 2.75) is 63.3 Å². The third-order valence-corrected chi connectivity index (χ3v) is 7.08. The van der Waals surface area contributed by atoms with Gasteiger partial charge >= 0.3 is 5.97 Å². The fraction of sp³-hybridized carbons (Fsp3) is 0.407. The van der Waals surface area contributed by atoms with Crippen molar-refractivity contribution in [1.29, 1.82) is 0 Å². The van der Waals surface area contributed by atoms with Crippen LogP contribution in [0.3, 0.4) is 0 Å². The zero-order valence-electron chi connectivity index (χ0n) is 19.1. The van der Waals surface area contributed by atoms with Crippen LogP contribution in [0.2, 0.25) is 0 Å². The van der Waals surface area contributed by atoms with Crippen LogP contribution in [-0.4, -0.2) is 28.6 Å². The number of amides is 1. The molecule has 33 heavy (non-hydrogen) atoms. The van der Waals surface area contributed by atoms with Crippen LogP contribution in [-0.2, 0) is 34.4 Å².